The average molecular weight is 319 g/mol. The highest BCUT2D eigenvalue weighted by molar-refractivity contribution is 9.10. The lowest BCUT2D eigenvalue weighted by molar-refractivity contribution is -0.142. The summed E-state index contributed by atoms with van der Waals surface area (Å²) in [5, 5.41) is 9.65. The second-order valence-electron chi connectivity index (χ2n) is 3.16. The summed E-state index contributed by atoms with van der Waals surface area (Å²) >= 11 is 3.06. The summed E-state index contributed by atoms with van der Waals surface area (Å²) in [5.74, 6) is -1.30. The molecule has 0 amide bonds. The van der Waals surface area contributed by atoms with Crippen molar-refractivity contribution in [1.29, 1.82) is 0 Å². The van der Waals surface area contributed by atoms with E-state index in [-0.39, 0.29) is 28.1 Å². The van der Waals surface area contributed by atoms with Crippen molar-refractivity contribution in [2.45, 2.75) is 0 Å². The highest BCUT2D eigenvalue weighted by Crippen LogP contribution is 2.33. The van der Waals surface area contributed by atoms with E-state index in [9.17, 15) is 14.7 Å². The Hall–Kier alpha value is -1.76. The van der Waals surface area contributed by atoms with E-state index in [2.05, 4.69) is 25.4 Å². The molecule has 1 rings (SSSR count). The maximum atomic E-state index is 11.4. The number of ether oxygens (including phenoxy) is 3. The number of phenols is 1. The molecule has 0 atom stereocenters. The minimum atomic E-state index is -0.711. The van der Waals surface area contributed by atoms with Gasteiger partial charge in [-0.1, -0.05) is 0 Å². The van der Waals surface area contributed by atoms with Crippen LogP contribution in [0, 0.1) is 0 Å². The third kappa shape index (κ3) is 3.36. The van der Waals surface area contributed by atoms with E-state index in [4.69, 9.17) is 4.74 Å². The van der Waals surface area contributed by atoms with Crippen LogP contribution >= 0.6 is 15.9 Å². The lowest BCUT2D eigenvalue weighted by atomic mass is 10.2. The van der Waals surface area contributed by atoms with Crippen LogP contribution in [-0.4, -0.2) is 37.9 Å². The van der Waals surface area contributed by atoms with Crippen molar-refractivity contribution in [2.24, 2.45) is 0 Å². The number of phenolic OH excluding ortho intramolecular Hbond substituents is 1. The second kappa shape index (κ2) is 6.25. The Kier molecular flexibility index (Phi) is 4.96. The zero-order chi connectivity index (χ0) is 13.7. The van der Waals surface area contributed by atoms with Crippen LogP contribution in [0.2, 0.25) is 0 Å². The molecule has 1 aromatic carbocycles. The molecule has 6 nitrogen and oxygen atoms in total. The van der Waals surface area contributed by atoms with E-state index in [1.165, 1.54) is 26.4 Å². The van der Waals surface area contributed by atoms with Crippen molar-refractivity contribution >= 4 is 27.9 Å². The van der Waals surface area contributed by atoms with E-state index < -0.39 is 11.9 Å². The van der Waals surface area contributed by atoms with Gasteiger partial charge in [0.1, 0.15) is 17.1 Å². The fraction of sp³-hybridized carbons (Fsp3) is 0.273. The molecule has 0 aliphatic rings. The molecule has 7 heteroatoms. The summed E-state index contributed by atoms with van der Waals surface area (Å²) in [6.45, 7) is -0.297. The Labute approximate surface area is 112 Å². The Morgan fingerprint density at radius 1 is 1.28 bits per heavy atom. The lowest BCUT2D eigenvalue weighted by Gasteiger charge is -2.09. The predicted octanol–water partition coefficient (Wildman–Crippen LogP) is 1.49. The van der Waals surface area contributed by atoms with Crippen molar-refractivity contribution in [3.05, 3.63) is 22.2 Å². The van der Waals surface area contributed by atoms with Gasteiger partial charge >= 0.3 is 11.9 Å². The molecule has 0 aliphatic carbocycles. The molecule has 0 radical (unpaired) electrons. The number of hydrogen-bond donors (Lipinski definition) is 1. The van der Waals surface area contributed by atoms with E-state index in [0.717, 1.165) is 0 Å². The van der Waals surface area contributed by atoms with Gasteiger partial charge in [-0.3, -0.25) is 0 Å². The monoisotopic (exact) mass is 318 g/mol. The number of halogens is 1. The van der Waals surface area contributed by atoms with Crippen molar-refractivity contribution in [2.75, 3.05) is 20.8 Å². The molecule has 1 aromatic rings. The van der Waals surface area contributed by atoms with Crippen LogP contribution in [0.15, 0.2) is 16.6 Å². The topological polar surface area (TPSA) is 82.1 Å². The number of methoxy groups -OCH3 is 2. The third-order valence-corrected chi connectivity index (χ3v) is 2.63. The lowest BCUT2D eigenvalue weighted by Crippen LogP contribution is -2.13. The Morgan fingerprint density at radius 3 is 2.50 bits per heavy atom. The van der Waals surface area contributed by atoms with Gasteiger partial charge in [-0.25, -0.2) is 9.59 Å². The molecule has 0 aliphatic heterocycles. The first kappa shape index (κ1) is 14.3. The van der Waals surface area contributed by atoms with Gasteiger partial charge in [0.05, 0.1) is 18.7 Å². The molecule has 0 spiro atoms. The van der Waals surface area contributed by atoms with Crippen LogP contribution in [0.5, 0.6) is 11.5 Å². The Bertz CT molecular complexity index is 471. The highest BCUT2D eigenvalue weighted by Gasteiger charge is 2.16. The van der Waals surface area contributed by atoms with Gasteiger partial charge in [-0.2, -0.15) is 0 Å². The number of rotatable bonds is 4. The summed E-state index contributed by atoms with van der Waals surface area (Å²) in [6, 6.07) is 2.69. The highest BCUT2D eigenvalue weighted by atomic mass is 79.9. The maximum absolute atomic E-state index is 11.4. The van der Waals surface area contributed by atoms with E-state index >= 15 is 0 Å². The van der Waals surface area contributed by atoms with Gasteiger partial charge in [0.2, 0.25) is 0 Å². The maximum Gasteiger partial charge on any atom is 0.343 e. The van der Waals surface area contributed by atoms with Gasteiger partial charge in [-0.05, 0) is 28.1 Å². The summed E-state index contributed by atoms with van der Waals surface area (Å²) in [7, 11) is 2.43. The molecule has 18 heavy (non-hydrogen) atoms. The van der Waals surface area contributed by atoms with Crippen molar-refractivity contribution in [3.8, 4) is 11.5 Å². The molecule has 0 unspecified atom stereocenters. The molecule has 0 aromatic heterocycles. The van der Waals surface area contributed by atoms with Crippen molar-refractivity contribution < 1.29 is 28.9 Å². The molecule has 98 valence electrons. The summed E-state index contributed by atoms with van der Waals surface area (Å²) in [4.78, 5) is 22.3. The summed E-state index contributed by atoms with van der Waals surface area (Å²) in [5.41, 5.74) is -0.0632. The first-order valence-corrected chi connectivity index (χ1v) is 5.59. The summed E-state index contributed by atoms with van der Waals surface area (Å²) < 4.78 is 14.3. The molecule has 0 bridgehead atoms. The van der Waals surface area contributed by atoms with E-state index in [0.29, 0.717) is 0 Å². The van der Waals surface area contributed by atoms with Crippen LogP contribution in [0.4, 0.5) is 0 Å². The fourth-order valence-corrected chi connectivity index (χ4v) is 1.56. The zero-order valence-corrected chi connectivity index (χ0v) is 11.3. The molecular formula is C11H11BrO6. The molecule has 0 saturated carbocycles. The van der Waals surface area contributed by atoms with Crippen LogP contribution in [0.3, 0.4) is 0 Å². The molecule has 0 saturated heterocycles. The number of aromatic hydroxyl groups is 1. The molecule has 1 N–H and O–H groups in total. The minimum absolute atomic E-state index is 0.0632. The minimum Gasteiger partial charge on any atom is -0.506 e. The van der Waals surface area contributed by atoms with E-state index in [1.807, 2.05) is 0 Å². The quantitative estimate of drug-likeness (QED) is 0.847. The van der Waals surface area contributed by atoms with Gasteiger partial charge in [0.25, 0.3) is 0 Å². The average Bonchev–Trinajstić information content (AvgIpc) is 2.38. The van der Waals surface area contributed by atoms with Crippen molar-refractivity contribution in [1.82, 2.24) is 0 Å². The van der Waals surface area contributed by atoms with Gasteiger partial charge < -0.3 is 19.3 Å². The second-order valence-corrected chi connectivity index (χ2v) is 4.01. The number of benzene rings is 1. The SMILES string of the molecule is COC(=O)COc1cc(Br)c(O)c(C(=O)OC)c1. The number of carbonyl (C=O) groups excluding carboxylic acids is 2. The largest absolute Gasteiger partial charge is 0.506 e. The molecular weight excluding hydrogens is 308 g/mol. The van der Waals surface area contributed by atoms with Crippen LogP contribution in [0.25, 0.3) is 0 Å². The Balaban J connectivity index is 2.97. The zero-order valence-electron chi connectivity index (χ0n) is 9.73. The third-order valence-electron chi connectivity index (χ3n) is 2.03. The Morgan fingerprint density at radius 2 is 1.94 bits per heavy atom. The van der Waals surface area contributed by atoms with Gasteiger partial charge in [0, 0.05) is 0 Å². The molecule has 0 fully saturated rings. The normalized spacial score (nSPS) is 9.72. The first-order valence-electron chi connectivity index (χ1n) is 4.80. The van der Waals surface area contributed by atoms with Crippen molar-refractivity contribution in [3.63, 3.8) is 0 Å². The van der Waals surface area contributed by atoms with Gasteiger partial charge in [0.15, 0.2) is 6.61 Å². The predicted molar refractivity (Wildman–Crippen MR) is 64.7 cm³/mol. The van der Waals surface area contributed by atoms with Crippen LogP contribution < -0.4 is 4.74 Å². The smallest absolute Gasteiger partial charge is 0.343 e. The fourth-order valence-electron chi connectivity index (χ4n) is 1.12. The number of hydrogen-bond acceptors (Lipinski definition) is 6. The summed E-state index contributed by atoms with van der Waals surface area (Å²) in [6.07, 6.45) is 0. The van der Waals surface area contributed by atoms with Gasteiger partial charge in [-0.15, -0.1) is 0 Å². The first-order chi connectivity index (χ1) is 8.49. The van der Waals surface area contributed by atoms with E-state index in [1.54, 1.807) is 0 Å². The van der Waals surface area contributed by atoms with Crippen LogP contribution in [-0.2, 0) is 14.3 Å². The van der Waals surface area contributed by atoms with Crippen LogP contribution in [0.1, 0.15) is 10.4 Å². The molecule has 0 heterocycles. The standard InChI is InChI=1S/C11H11BrO6/c1-16-9(13)5-18-6-3-7(11(15)17-2)10(14)8(12)4-6/h3-4,14H,5H2,1-2H3. The number of esters is 2. The number of carbonyl (C=O) groups is 2.